The van der Waals surface area contributed by atoms with Crippen molar-refractivity contribution in [2.75, 3.05) is 26.4 Å². The summed E-state index contributed by atoms with van der Waals surface area (Å²) in [6.45, 7) is -0.314. The van der Waals surface area contributed by atoms with Crippen LogP contribution in [-0.2, 0) is 18.3 Å². The van der Waals surface area contributed by atoms with E-state index in [4.69, 9.17) is 24.0 Å². The van der Waals surface area contributed by atoms with Crippen LogP contribution >= 0.6 is 7.82 Å². The fourth-order valence-electron chi connectivity index (χ4n) is 2.35. The Morgan fingerprint density at radius 3 is 2.21 bits per heavy atom. The van der Waals surface area contributed by atoms with Gasteiger partial charge in [0, 0.05) is 6.61 Å². The Kier molecular flexibility index (Phi) is 10.6. The summed E-state index contributed by atoms with van der Waals surface area (Å²) in [7, 11) is -4.34. The molecule has 1 rings (SSSR count). The first-order chi connectivity index (χ1) is 11.5. The molecule has 4 N–H and O–H groups in total. The van der Waals surface area contributed by atoms with Crippen molar-refractivity contribution < 1.29 is 38.6 Å². The lowest BCUT2D eigenvalue weighted by molar-refractivity contribution is 0.101. The summed E-state index contributed by atoms with van der Waals surface area (Å²) in [5.41, 5.74) is 0. The number of aliphatic hydroxyl groups excluding tert-OH is 3. The number of unbranched alkanes of at least 4 members (excludes halogenated alkanes) is 7. The Bertz CT molecular complexity index is 426. The Labute approximate surface area is 142 Å². The van der Waals surface area contributed by atoms with Crippen molar-refractivity contribution >= 4 is 7.82 Å². The van der Waals surface area contributed by atoms with E-state index in [1.54, 1.807) is 0 Å². The van der Waals surface area contributed by atoms with Crippen LogP contribution in [0.2, 0.25) is 0 Å². The zero-order valence-electron chi connectivity index (χ0n) is 13.9. The standard InChI is InChI=1S/C15H29O8P/c16-9-7-5-3-1-2-4-6-8-10-22-24(19,20)23-15-13(18)12-21-14(15)11-17/h13,16-18H,1-12H2,(H,19,20). The van der Waals surface area contributed by atoms with Crippen molar-refractivity contribution in [3.63, 3.8) is 0 Å². The van der Waals surface area contributed by atoms with Gasteiger partial charge in [0.1, 0.15) is 19.3 Å². The molecule has 0 aromatic rings. The van der Waals surface area contributed by atoms with Gasteiger partial charge < -0.3 is 24.6 Å². The molecular weight excluding hydrogens is 339 g/mol. The highest BCUT2D eigenvalue weighted by Crippen LogP contribution is 2.47. The number of aliphatic hydroxyl groups is 3. The summed E-state index contributed by atoms with van der Waals surface area (Å²) in [5, 5.41) is 27.3. The fraction of sp³-hybridized carbons (Fsp3) is 0.867. The molecule has 9 heteroatoms. The van der Waals surface area contributed by atoms with Crippen molar-refractivity contribution in [1.29, 1.82) is 0 Å². The van der Waals surface area contributed by atoms with Gasteiger partial charge in [-0.15, -0.1) is 0 Å². The molecule has 0 aromatic carbocycles. The van der Waals surface area contributed by atoms with Crippen LogP contribution in [-0.4, -0.2) is 52.7 Å². The van der Waals surface area contributed by atoms with Crippen LogP contribution in [0.25, 0.3) is 0 Å². The van der Waals surface area contributed by atoms with Crippen molar-refractivity contribution in [1.82, 2.24) is 0 Å². The SMILES string of the molecule is O=P(O)(OCCCCCCCCCCO)OC1=C(CO)OCC1O. The van der Waals surface area contributed by atoms with E-state index in [0.717, 1.165) is 44.9 Å². The molecule has 0 saturated carbocycles. The Morgan fingerprint density at radius 1 is 1.04 bits per heavy atom. The van der Waals surface area contributed by atoms with Crippen molar-refractivity contribution in [3.05, 3.63) is 11.5 Å². The average Bonchev–Trinajstić information content (AvgIpc) is 2.89. The third-order valence-electron chi connectivity index (χ3n) is 3.66. The predicted octanol–water partition coefficient (Wildman–Crippen LogP) is 1.83. The first-order valence-electron chi connectivity index (χ1n) is 8.42. The molecule has 0 spiro atoms. The maximum Gasteiger partial charge on any atom is 0.527 e. The topological polar surface area (TPSA) is 126 Å². The second kappa shape index (κ2) is 11.8. The molecule has 1 aliphatic rings. The number of hydrogen-bond donors (Lipinski definition) is 4. The minimum atomic E-state index is -4.34. The van der Waals surface area contributed by atoms with Crippen molar-refractivity contribution in [3.8, 4) is 0 Å². The van der Waals surface area contributed by atoms with Gasteiger partial charge in [-0.1, -0.05) is 38.5 Å². The molecule has 0 amide bonds. The monoisotopic (exact) mass is 368 g/mol. The van der Waals surface area contributed by atoms with E-state index in [1.165, 1.54) is 0 Å². The molecule has 0 bridgehead atoms. The Morgan fingerprint density at radius 2 is 1.62 bits per heavy atom. The van der Waals surface area contributed by atoms with Crippen LogP contribution in [0.15, 0.2) is 11.5 Å². The summed E-state index contributed by atoms with van der Waals surface area (Å²) in [4.78, 5) is 9.64. The molecule has 0 fully saturated rings. The molecule has 24 heavy (non-hydrogen) atoms. The van der Waals surface area contributed by atoms with Crippen LogP contribution in [0.5, 0.6) is 0 Å². The van der Waals surface area contributed by atoms with Gasteiger partial charge in [-0.25, -0.2) is 4.57 Å². The molecule has 142 valence electrons. The summed E-state index contributed by atoms with van der Waals surface area (Å²) in [6, 6.07) is 0. The minimum Gasteiger partial charge on any atom is -0.489 e. The Balaban J connectivity index is 2.12. The molecule has 2 unspecified atom stereocenters. The number of phosphoric ester groups is 1. The molecule has 0 aromatic heterocycles. The zero-order valence-corrected chi connectivity index (χ0v) is 14.8. The number of phosphoric acid groups is 1. The highest BCUT2D eigenvalue weighted by atomic mass is 31.2. The molecule has 0 radical (unpaired) electrons. The van der Waals surface area contributed by atoms with Crippen molar-refractivity contribution in [2.24, 2.45) is 0 Å². The first kappa shape index (κ1) is 21.4. The van der Waals surface area contributed by atoms with Gasteiger partial charge in [0.25, 0.3) is 0 Å². The van der Waals surface area contributed by atoms with E-state index in [-0.39, 0.29) is 31.3 Å². The molecule has 1 aliphatic heterocycles. The van der Waals surface area contributed by atoms with Gasteiger partial charge in [-0.2, -0.15) is 0 Å². The Hall–Kier alpha value is -0.630. The van der Waals surface area contributed by atoms with Gasteiger partial charge in [0.15, 0.2) is 11.5 Å². The van der Waals surface area contributed by atoms with Gasteiger partial charge >= 0.3 is 7.82 Å². The van der Waals surface area contributed by atoms with Crippen LogP contribution in [0.4, 0.5) is 0 Å². The smallest absolute Gasteiger partial charge is 0.489 e. The predicted molar refractivity (Wildman–Crippen MR) is 87.0 cm³/mol. The highest BCUT2D eigenvalue weighted by Gasteiger charge is 2.34. The van der Waals surface area contributed by atoms with Gasteiger partial charge in [0.05, 0.1) is 6.61 Å². The summed E-state index contributed by atoms with van der Waals surface area (Å²) < 4.78 is 26.4. The number of ether oxygens (including phenoxy) is 1. The maximum absolute atomic E-state index is 11.8. The summed E-state index contributed by atoms with van der Waals surface area (Å²) in [5.74, 6) is -0.298. The number of rotatable bonds is 14. The van der Waals surface area contributed by atoms with Crippen LogP contribution < -0.4 is 0 Å². The lowest BCUT2D eigenvalue weighted by Crippen LogP contribution is -2.12. The quantitative estimate of drug-likeness (QED) is 0.270. The zero-order chi connectivity index (χ0) is 17.8. The minimum absolute atomic E-state index is 0.0541. The van der Waals surface area contributed by atoms with Gasteiger partial charge in [0.2, 0.25) is 0 Å². The van der Waals surface area contributed by atoms with Gasteiger partial charge in [-0.3, -0.25) is 9.42 Å². The fourth-order valence-corrected chi connectivity index (χ4v) is 3.24. The molecule has 2 atom stereocenters. The van der Waals surface area contributed by atoms with Crippen molar-refractivity contribution in [2.45, 2.75) is 57.5 Å². The summed E-state index contributed by atoms with van der Waals surface area (Å²) >= 11 is 0. The maximum atomic E-state index is 11.8. The summed E-state index contributed by atoms with van der Waals surface area (Å²) in [6.07, 6.45) is 6.59. The van der Waals surface area contributed by atoms with E-state index >= 15 is 0 Å². The largest absolute Gasteiger partial charge is 0.527 e. The van der Waals surface area contributed by atoms with E-state index in [1.807, 2.05) is 0 Å². The highest BCUT2D eigenvalue weighted by molar-refractivity contribution is 7.47. The van der Waals surface area contributed by atoms with E-state index in [0.29, 0.717) is 6.42 Å². The third-order valence-corrected chi connectivity index (χ3v) is 4.59. The molecule has 1 heterocycles. The lowest BCUT2D eigenvalue weighted by atomic mass is 10.1. The van der Waals surface area contributed by atoms with E-state index in [9.17, 15) is 14.6 Å². The molecule has 0 saturated heterocycles. The van der Waals surface area contributed by atoms with Crippen LogP contribution in [0.1, 0.15) is 51.4 Å². The second-order valence-corrected chi connectivity index (χ2v) is 7.10. The normalized spacial score (nSPS) is 20.1. The average molecular weight is 368 g/mol. The third kappa shape index (κ3) is 8.46. The first-order valence-corrected chi connectivity index (χ1v) is 9.92. The molecule has 8 nitrogen and oxygen atoms in total. The van der Waals surface area contributed by atoms with Crippen LogP contribution in [0.3, 0.4) is 0 Å². The molecule has 0 aliphatic carbocycles. The van der Waals surface area contributed by atoms with Crippen LogP contribution in [0, 0.1) is 0 Å². The van der Waals surface area contributed by atoms with E-state index < -0.39 is 20.5 Å². The lowest BCUT2D eigenvalue weighted by Gasteiger charge is -2.15. The van der Waals surface area contributed by atoms with Gasteiger partial charge in [-0.05, 0) is 12.8 Å². The number of hydrogen-bond acceptors (Lipinski definition) is 7. The van der Waals surface area contributed by atoms with E-state index in [2.05, 4.69) is 0 Å². The second-order valence-electron chi connectivity index (χ2n) is 5.72. The molecular formula is C15H29O8P.